The van der Waals surface area contributed by atoms with Crippen LogP contribution in [0.4, 0.5) is 5.69 Å². The molecule has 140 valence electrons. The molecule has 3 heterocycles. The highest BCUT2D eigenvalue weighted by Crippen LogP contribution is 2.21. The van der Waals surface area contributed by atoms with E-state index in [0.717, 1.165) is 86.9 Å². The number of likely N-dealkylation sites (N-methyl/N-ethyl adjacent to an activating group) is 1. The number of morpholine rings is 1. The van der Waals surface area contributed by atoms with E-state index in [1.807, 2.05) is 19.1 Å². The van der Waals surface area contributed by atoms with Gasteiger partial charge in [0.25, 0.3) is 0 Å². The van der Waals surface area contributed by atoms with Crippen molar-refractivity contribution in [3.05, 3.63) is 39.7 Å². The molecular weight excluding hydrogens is 328 g/mol. The number of hydrogen-bond donors (Lipinski definition) is 1. The summed E-state index contributed by atoms with van der Waals surface area (Å²) in [4.78, 5) is 23.7. The molecule has 0 bridgehead atoms. The van der Waals surface area contributed by atoms with E-state index in [2.05, 4.69) is 32.8 Å². The molecule has 0 saturated carbocycles. The molecule has 0 unspecified atom stereocenters. The Morgan fingerprint density at radius 1 is 1.08 bits per heavy atom. The summed E-state index contributed by atoms with van der Waals surface area (Å²) in [7, 11) is 2.15. The number of nitrogens with zero attached hydrogens (tertiary/aromatic N) is 3. The highest BCUT2D eigenvalue weighted by Gasteiger charge is 2.18. The number of fused-ring (bicyclic) bond motifs is 1. The maximum absolute atomic E-state index is 13.2. The first-order valence-corrected chi connectivity index (χ1v) is 9.51. The van der Waals surface area contributed by atoms with Crippen molar-refractivity contribution in [1.29, 1.82) is 0 Å². The molecule has 1 aromatic carbocycles. The third-order valence-corrected chi connectivity index (χ3v) is 5.65. The lowest BCUT2D eigenvalue weighted by molar-refractivity contribution is 0.122. The number of benzene rings is 1. The lowest BCUT2D eigenvalue weighted by Gasteiger charge is -2.32. The fourth-order valence-corrected chi connectivity index (χ4v) is 3.88. The third-order valence-electron chi connectivity index (χ3n) is 5.65. The van der Waals surface area contributed by atoms with Gasteiger partial charge in [-0.25, -0.2) is 0 Å². The van der Waals surface area contributed by atoms with Crippen molar-refractivity contribution in [1.82, 2.24) is 14.8 Å². The van der Waals surface area contributed by atoms with Crippen molar-refractivity contribution in [2.75, 3.05) is 64.4 Å². The molecule has 0 radical (unpaired) electrons. The van der Waals surface area contributed by atoms with Crippen LogP contribution in [0.3, 0.4) is 0 Å². The van der Waals surface area contributed by atoms with Crippen LogP contribution < -0.4 is 10.3 Å². The van der Waals surface area contributed by atoms with Gasteiger partial charge in [0.15, 0.2) is 5.43 Å². The zero-order valence-electron chi connectivity index (χ0n) is 15.8. The molecule has 2 aromatic rings. The standard InChI is InChI=1S/C20H28N4O2/c1-15-18(14-23-7-5-22(2)6-8-23)20(25)17-13-16(3-4-19(17)21-15)24-9-11-26-12-10-24/h3-4,13H,5-12,14H2,1-2H3,(H,21,25). The predicted molar refractivity (Wildman–Crippen MR) is 105 cm³/mol. The molecule has 2 fully saturated rings. The highest BCUT2D eigenvalue weighted by molar-refractivity contribution is 5.83. The molecule has 0 atom stereocenters. The Hall–Kier alpha value is -1.89. The molecule has 0 spiro atoms. The van der Waals surface area contributed by atoms with E-state index in [0.29, 0.717) is 0 Å². The number of aryl methyl sites for hydroxylation is 1. The smallest absolute Gasteiger partial charge is 0.194 e. The second kappa shape index (κ2) is 7.39. The number of piperazine rings is 1. The predicted octanol–water partition coefficient (Wildman–Crippen LogP) is 1.42. The Morgan fingerprint density at radius 2 is 1.81 bits per heavy atom. The molecule has 2 saturated heterocycles. The summed E-state index contributed by atoms with van der Waals surface area (Å²) in [6.07, 6.45) is 0. The zero-order valence-corrected chi connectivity index (χ0v) is 15.8. The van der Waals surface area contributed by atoms with Gasteiger partial charge in [0.1, 0.15) is 0 Å². The molecule has 26 heavy (non-hydrogen) atoms. The quantitative estimate of drug-likeness (QED) is 0.901. The first kappa shape index (κ1) is 17.5. The Labute approximate surface area is 154 Å². The van der Waals surface area contributed by atoms with Crippen molar-refractivity contribution in [3.63, 3.8) is 0 Å². The first-order valence-electron chi connectivity index (χ1n) is 9.51. The second-order valence-electron chi connectivity index (χ2n) is 7.47. The van der Waals surface area contributed by atoms with Gasteiger partial charge in [-0.3, -0.25) is 9.69 Å². The van der Waals surface area contributed by atoms with E-state index in [-0.39, 0.29) is 5.43 Å². The SMILES string of the molecule is Cc1[nH]c2ccc(N3CCOCC3)cc2c(=O)c1CN1CCN(C)CC1. The largest absolute Gasteiger partial charge is 0.378 e. The van der Waals surface area contributed by atoms with Crippen LogP contribution in [0.25, 0.3) is 10.9 Å². The minimum Gasteiger partial charge on any atom is -0.378 e. The minimum absolute atomic E-state index is 0.172. The molecule has 6 nitrogen and oxygen atoms in total. The highest BCUT2D eigenvalue weighted by atomic mass is 16.5. The van der Waals surface area contributed by atoms with Gasteiger partial charge in [-0.05, 0) is 32.2 Å². The zero-order chi connectivity index (χ0) is 18.1. The number of aromatic amines is 1. The van der Waals surface area contributed by atoms with Crippen LogP contribution in [-0.2, 0) is 11.3 Å². The molecular formula is C20H28N4O2. The van der Waals surface area contributed by atoms with Gasteiger partial charge in [0.2, 0.25) is 0 Å². The van der Waals surface area contributed by atoms with E-state index in [1.54, 1.807) is 0 Å². The van der Waals surface area contributed by atoms with Crippen molar-refractivity contribution in [2.24, 2.45) is 0 Å². The lowest BCUT2D eigenvalue weighted by atomic mass is 10.1. The lowest BCUT2D eigenvalue weighted by Crippen LogP contribution is -2.44. The Bertz CT molecular complexity index is 834. The van der Waals surface area contributed by atoms with Crippen LogP contribution in [0.2, 0.25) is 0 Å². The maximum atomic E-state index is 13.2. The molecule has 2 aliphatic rings. The van der Waals surface area contributed by atoms with Crippen LogP contribution in [0.1, 0.15) is 11.3 Å². The van der Waals surface area contributed by atoms with Gasteiger partial charge in [-0.2, -0.15) is 0 Å². The maximum Gasteiger partial charge on any atom is 0.194 e. The summed E-state index contributed by atoms with van der Waals surface area (Å²) >= 11 is 0. The molecule has 4 rings (SSSR count). The fourth-order valence-electron chi connectivity index (χ4n) is 3.88. The van der Waals surface area contributed by atoms with E-state index in [1.165, 1.54) is 0 Å². The molecule has 0 aliphatic carbocycles. The first-order chi connectivity index (χ1) is 12.6. The topological polar surface area (TPSA) is 51.8 Å². The van der Waals surface area contributed by atoms with Crippen LogP contribution in [-0.4, -0.2) is 74.3 Å². The van der Waals surface area contributed by atoms with Crippen LogP contribution >= 0.6 is 0 Å². The van der Waals surface area contributed by atoms with Gasteiger partial charge < -0.3 is 19.5 Å². The summed E-state index contributed by atoms with van der Waals surface area (Å²) < 4.78 is 5.44. The van der Waals surface area contributed by atoms with E-state index in [4.69, 9.17) is 4.74 Å². The van der Waals surface area contributed by atoms with Gasteiger partial charge in [-0.1, -0.05) is 0 Å². The Morgan fingerprint density at radius 3 is 2.54 bits per heavy atom. The van der Waals surface area contributed by atoms with Crippen LogP contribution in [0, 0.1) is 6.92 Å². The summed E-state index contributed by atoms with van der Waals surface area (Å²) in [6.45, 7) is 10.1. The van der Waals surface area contributed by atoms with Gasteiger partial charge in [0.05, 0.1) is 13.2 Å². The number of pyridine rings is 1. The summed E-state index contributed by atoms with van der Waals surface area (Å²) in [5.74, 6) is 0. The van der Waals surface area contributed by atoms with Crippen LogP contribution in [0.15, 0.2) is 23.0 Å². The summed E-state index contributed by atoms with van der Waals surface area (Å²) in [6, 6.07) is 6.18. The number of rotatable bonds is 3. The van der Waals surface area contributed by atoms with E-state index < -0.39 is 0 Å². The number of hydrogen-bond acceptors (Lipinski definition) is 5. The number of H-pyrrole nitrogens is 1. The molecule has 2 aliphatic heterocycles. The van der Waals surface area contributed by atoms with Crippen molar-refractivity contribution in [2.45, 2.75) is 13.5 Å². The van der Waals surface area contributed by atoms with Gasteiger partial charge in [-0.15, -0.1) is 0 Å². The van der Waals surface area contributed by atoms with Gasteiger partial charge in [0, 0.05) is 73.7 Å². The number of aromatic nitrogens is 1. The van der Waals surface area contributed by atoms with Crippen molar-refractivity contribution < 1.29 is 4.74 Å². The van der Waals surface area contributed by atoms with Gasteiger partial charge >= 0.3 is 0 Å². The monoisotopic (exact) mass is 356 g/mol. The Balaban J connectivity index is 1.66. The molecule has 6 heteroatoms. The normalized spacial score (nSPS) is 20.0. The number of anilines is 1. The van der Waals surface area contributed by atoms with E-state index >= 15 is 0 Å². The average Bonchev–Trinajstić information content (AvgIpc) is 2.67. The average molecular weight is 356 g/mol. The summed E-state index contributed by atoms with van der Waals surface area (Å²) in [5, 5.41) is 0.795. The molecule has 0 amide bonds. The minimum atomic E-state index is 0.172. The van der Waals surface area contributed by atoms with Crippen molar-refractivity contribution in [3.8, 4) is 0 Å². The Kier molecular flexibility index (Phi) is 4.98. The number of nitrogens with one attached hydrogen (secondary N) is 1. The number of ether oxygens (including phenoxy) is 1. The molecule has 1 aromatic heterocycles. The van der Waals surface area contributed by atoms with Crippen LogP contribution in [0.5, 0.6) is 0 Å². The second-order valence-corrected chi connectivity index (χ2v) is 7.47. The third kappa shape index (κ3) is 3.49. The summed E-state index contributed by atoms with van der Waals surface area (Å²) in [5.41, 5.74) is 4.10. The molecule has 1 N–H and O–H groups in total. The fraction of sp³-hybridized carbons (Fsp3) is 0.550. The van der Waals surface area contributed by atoms with E-state index in [9.17, 15) is 4.79 Å². The van der Waals surface area contributed by atoms with Crippen molar-refractivity contribution >= 4 is 16.6 Å².